The SMILES string of the molecule is CN(C(=O)C1CCCC1)c1ccc(C(N)=S)cc1. The Hall–Kier alpha value is -1.42. The molecule has 0 aromatic heterocycles. The molecule has 0 spiro atoms. The average Bonchev–Trinajstić information content (AvgIpc) is 2.91. The number of thiocarbonyl (C=S) groups is 1. The van der Waals surface area contributed by atoms with E-state index in [1.165, 1.54) is 12.8 Å². The van der Waals surface area contributed by atoms with Crippen LogP contribution >= 0.6 is 12.2 Å². The van der Waals surface area contributed by atoms with E-state index in [-0.39, 0.29) is 11.8 Å². The van der Waals surface area contributed by atoms with Crippen molar-refractivity contribution in [2.75, 3.05) is 11.9 Å². The molecular formula is C14H18N2OS. The summed E-state index contributed by atoms with van der Waals surface area (Å²) in [5, 5.41) is 0. The van der Waals surface area contributed by atoms with E-state index in [4.69, 9.17) is 18.0 Å². The number of benzene rings is 1. The standard InChI is InChI=1S/C14H18N2OS/c1-16(14(17)11-4-2-3-5-11)12-8-6-10(7-9-12)13(15)18/h6-9,11H,2-5H2,1H3,(H2,15,18). The van der Waals surface area contributed by atoms with E-state index in [0.29, 0.717) is 4.99 Å². The first-order chi connectivity index (χ1) is 8.59. The van der Waals surface area contributed by atoms with Crippen molar-refractivity contribution in [2.45, 2.75) is 25.7 Å². The molecule has 1 aliphatic rings. The molecule has 1 saturated carbocycles. The van der Waals surface area contributed by atoms with Crippen LogP contribution in [0.3, 0.4) is 0 Å². The molecule has 0 aliphatic heterocycles. The molecule has 1 aliphatic carbocycles. The van der Waals surface area contributed by atoms with Crippen molar-refractivity contribution in [1.82, 2.24) is 0 Å². The Morgan fingerprint density at radius 1 is 1.28 bits per heavy atom. The summed E-state index contributed by atoms with van der Waals surface area (Å²) >= 11 is 4.91. The van der Waals surface area contributed by atoms with Gasteiger partial charge in [0.15, 0.2) is 0 Å². The fourth-order valence-corrected chi connectivity index (χ4v) is 2.56. The second kappa shape index (κ2) is 5.48. The van der Waals surface area contributed by atoms with E-state index in [9.17, 15) is 4.79 Å². The van der Waals surface area contributed by atoms with Crippen molar-refractivity contribution >= 4 is 28.8 Å². The fourth-order valence-electron chi connectivity index (χ4n) is 2.42. The van der Waals surface area contributed by atoms with Crippen molar-refractivity contribution in [2.24, 2.45) is 11.7 Å². The molecule has 96 valence electrons. The maximum Gasteiger partial charge on any atom is 0.229 e. The number of hydrogen-bond donors (Lipinski definition) is 1. The van der Waals surface area contributed by atoms with Gasteiger partial charge in [0.2, 0.25) is 5.91 Å². The van der Waals surface area contributed by atoms with E-state index >= 15 is 0 Å². The lowest BCUT2D eigenvalue weighted by Crippen LogP contribution is -2.31. The summed E-state index contributed by atoms with van der Waals surface area (Å²) in [6.45, 7) is 0. The molecule has 1 amide bonds. The van der Waals surface area contributed by atoms with Crippen molar-refractivity contribution in [3.05, 3.63) is 29.8 Å². The number of anilines is 1. The van der Waals surface area contributed by atoms with E-state index in [1.54, 1.807) is 4.90 Å². The lowest BCUT2D eigenvalue weighted by atomic mass is 10.1. The Morgan fingerprint density at radius 2 is 1.83 bits per heavy atom. The molecule has 0 atom stereocenters. The maximum absolute atomic E-state index is 12.2. The van der Waals surface area contributed by atoms with E-state index in [0.717, 1.165) is 24.1 Å². The maximum atomic E-state index is 12.2. The van der Waals surface area contributed by atoms with Crippen LogP contribution in [0.1, 0.15) is 31.2 Å². The Balaban J connectivity index is 2.10. The highest BCUT2D eigenvalue weighted by molar-refractivity contribution is 7.80. The summed E-state index contributed by atoms with van der Waals surface area (Å²) in [6.07, 6.45) is 4.39. The van der Waals surface area contributed by atoms with E-state index < -0.39 is 0 Å². The van der Waals surface area contributed by atoms with Gasteiger partial charge in [0.1, 0.15) is 4.99 Å². The van der Waals surface area contributed by atoms with Crippen LogP contribution in [0.15, 0.2) is 24.3 Å². The van der Waals surface area contributed by atoms with Gasteiger partial charge in [0, 0.05) is 24.2 Å². The van der Waals surface area contributed by atoms with E-state index in [1.807, 2.05) is 31.3 Å². The molecule has 0 bridgehead atoms. The summed E-state index contributed by atoms with van der Waals surface area (Å²) in [4.78, 5) is 14.4. The van der Waals surface area contributed by atoms with Crippen LogP contribution in [-0.4, -0.2) is 17.9 Å². The van der Waals surface area contributed by atoms with Gasteiger partial charge in [-0.25, -0.2) is 0 Å². The predicted octanol–water partition coefficient (Wildman–Crippen LogP) is 2.47. The largest absolute Gasteiger partial charge is 0.389 e. The van der Waals surface area contributed by atoms with Gasteiger partial charge in [-0.1, -0.05) is 25.1 Å². The molecule has 4 heteroatoms. The molecule has 1 aromatic rings. The quantitative estimate of drug-likeness (QED) is 0.851. The number of rotatable bonds is 3. The highest BCUT2D eigenvalue weighted by Gasteiger charge is 2.25. The summed E-state index contributed by atoms with van der Waals surface area (Å²) < 4.78 is 0. The summed E-state index contributed by atoms with van der Waals surface area (Å²) in [6, 6.07) is 7.49. The van der Waals surface area contributed by atoms with Crippen LogP contribution in [0.4, 0.5) is 5.69 Å². The van der Waals surface area contributed by atoms with E-state index in [2.05, 4.69) is 0 Å². The second-order valence-corrected chi connectivity index (χ2v) is 5.23. The first-order valence-corrected chi connectivity index (χ1v) is 6.68. The highest BCUT2D eigenvalue weighted by Crippen LogP contribution is 2.28. The minimum Gasteiger partial charge on any atom is -0.389 e. The zero-order chi connectivity index (χ0) is 13.1. The molecular weight excluding hydrogens is 244 g/mol. The van der Waals surface area contributed by atoms with Gasteiger partial charge in [-0.3, -0.25) is 4.79 Å². The van der Waals surface area contributed by atoms with Gasteiger partial charge >= 0.3 is 0 Å². The lowest BCUT2D eigenvalue weighted by Gasteiger charge is -2.21. The minimum absolute atomic E-state index is 0.199. The van der Waals surface area contributed by atoms with Crippen molar-refractivity contribution < 1.29 is 4.79 Å². The third-order valence-corrected chi connectivity index (χ3v) is 3.81. The third kappa shape index (κ3) is 2.70. The average molecular weight is 262 g/mol. The fraction of sp³-hybridized carbons (Fsp3) is 0.429. The third-order valence-electron chi connectivity index (χ3n) is 3.57. The summed E-state index contributed by atoms with van der Waals surface area (Å²) in [5.74, 6) is 0.417. The summed E-state index contributed by atoms with van der Waals surface area (Å²) in [5.41, 5.74) is 7.27. The van der Waals surface area contributed by atoms with Gasteiger partial charge in [-0.2, -0.15) is 0 Å². The monoisotopic (exact) mass is 262 g/mol. The topological polar surface area (TPSA) is 46.3 Å². The number of carbonyl (C=O) groups excluding carboxylic acids is 1. The molecule has 0 saturated heterocycles. The number of nitrogens with zero attached hydrogens (tertiary/aromatic N) is 1. The van der Waals surface area contributed by atoms with Gasteiger partial charge in [-0.15, -0.1) is 0 Å². The van der Waals surface area contributed by atoms with Gasteiger partial charge < -0.3 is 10.6 Å². The van der Waals surface area contributed by atoms with Crippen LogP contribution in [0.2, 0.25) is 0 Å². The smallest absolute Gasteiger partial charge is 0.229 e. The van der Waals surface area contributed by atoms with Gasteiger partial charge in [0.05, 0.1) is 0 Å². The van der Waals surface area contributed by atoms with Crippen LogP contribution in [-0.2, 0) is 4.79 Å². The Bertz CT molecular complexity index is 449. The first-order valence-electron chi connectivity index (χ1n) is 6.27. The van der Waals surface area contributed by atoms with Gasteiger partial charge in [0.25, 0.3) is 0 Å². The summed E-state index contributed by atoms with van der Waals surface area (Å²) in [7, 11) is 1.83. The molecule has 3 nitrogen and oxygen atoms in total. The number of hydrogen-bond acceptors (Lipinski definition) is 2. The Labute approximate surface area is 113 Å². The van der Waals surface area contributed by atoms with Crippen molar-refractivity contribution in [1.29, 1.82) is 0 Å². The predicted molar refractivity (Wildman–Crippen MR) is 77.7 cm³/mol. The first kappa shape index (κ1) is 13.0. The van der Waals surface area contributed by atoms with Crippen LogP contribution in [0, 0.1) is 5.92 Å². The normalized spacial score (nSPS) is 15.6. The Morgan fingerprint density at radius 3 is 2.33 bits per heavy atom. The minimum atomic E-state index is 0.199. The zero-order valence-electron chi connectivity index (χ0n) is 10.6. The molecule has 0 heterocycles. The highest BCUT2D eigenvalue weighted by atomic mass is 32.1. The molecule has 0 unspecified atom stereocenters. The lowest BCUT2D eigenvalue weighted by molar-refractivity contribution is -0.121. The van der Waals surface area contributed by atoms with Crippen LogP contribution in [0.5, 0.6) is 0 Å². The molecule has 2 rings (SSSR count). The molecule has 0 radical (unpaired) electrons. The molecule has 1 fully saturated rings. The van der Waals surface area contributed by atoms with Gasteiger partial charge in [-0.05, 0) is 37.1 Å². The number of amides is 1. The second-order valence-electron chi connectivity index (χ2n) is 4.79. The van der Waals surface area contributed by atoms with Crippen LogP contribution in [0.25, 0.3) is 0 Å². The number of nitrogens with two attached hydrogens (primary N) is 1. The molecule has 18 heavy (non-hydrogen) atoms. The van der Waals surface area contributed by atoms with Crippen molar-refractivity contribution in [3.8, 4) is 0 Å². The van der Waals surface area contributed by atoms with Crippen LogP contribution < -0.4 is 10.6 Å². The zero-order valence-corrected chi connectivity index (χ0v) is 11.4. The number of carbonyl (C=O) groups is 1. The molecule has 2 N–H and O–H groups in total. The van der Waals surface area contributed by atoms with Crippen molar-refractivity contribution in [3.63, 3.8) is 0 Å². The molecule has 1 aromatic carbocycles. The Kier molecular flexibility index (Phi) is 3.97.